The van der Waals surface area contributed by atoms with Crippen molar-refractivity contribution in [2.75, 3.05) is 13.7 Å². The second kappa shape index (κ2) is 13.8. The van der Waals surface area contributed by atoms with Crippen molar-refractivity contribution in [3.05, 3.63) is 35.4 Å². The quantitative estimate of drug-likeness (QED) is 0.441. The average Bonchev–Trinajstić information content (AvgIpc) is 2.78. The third-order valence-electron chi connectivity index (χ3n) is 5.57. The Morgan fingerprint density at radius 2 is 1.61 bits per heavy atom. The van der Waals surface area contributed by atoms with E-state index in [2.05, 4.69) is 15.4 Å². The zero-order chi connectivity index (χ0) is 27.6. The molecule has 1 aromatic rings. The van der Waals surface area contributed by atoms with Crippen LogP contribution in [0.4, 0.5) is 4.79 Å². The summed E-state index contributed by atoms with van der Waals surface area (Å²) in [7, 11) is 1.24. The molecule has 1 rings (SSSR count). The van der Waals surface area contributed by atoms with Crippen LogP contribution in [0.25, 0.3) is 0 Å². The summed E-state index contributed by atoms with van der Waals surface area (Å²) in [5, 5.41) is 5.31. The van der Waals surface area contributed by atoms with E-state index in [1.54, 1.807) is 32.9 Å². The Morgan fingerprint density at radius 1 is 1.03 bits per heavy atom. The summed E-state index contributed by atoms with van der Waals surface area (Å²) in [5.41, 5.74) is 0.861. The molecule has 0 aliphatic rings. The lowest BCUT2D eigenvalue weighted by molar-refractivity contribution is -0.146. The molecule has 9 nitrogen and oxygen atoms in total. The first-order valence-electron chi connectivity index (χ1n) is 12.4. The van der Waals surface area contributed by atoms with Gasteiger partial charge in [-0.2, -0.15) is 0 Å². The van der Waals surface area contributed by atoms with Crippen LogP contribution < -0.4 is 10.6 Å². The molecule has 0 saturated carbocycles. The van der Waals surface area contributed by atoms with Gasteiger partial charge in [-0.05, 0) is 58.9 Å². The first kappa shape index (κ1) is 30.9. The summed E-state index contributed by atoms with van der Waals surface area (Å²) in [4.78, 5) is 53.3. The fourth-order valence-electron chi connectivity index (χ4n) is 3.63. The molecule has 9 heteroatoms. The molecule has 0 aromatic heterocycles. The fraction of sp³-hybridized carbons (Fsp3) is 0.630. The lowest BCUT2D eigenvalue weighted by Crippen LogP contribution is -2.56. The number of nitrogens with one attached hydrogen (secondary N) is 2. The van der Waals surface area contributed by atoms with Crippen molar-refractivity contribution >= 4 is 23.9 Å². The number of ether oxygens (including phenoxy) is 2. The molecule has 3 atom stereocenters. The number of nitrogens with zero attached hydrogens (tertiary/aromatic N) is 1. The van der Waals surface area contributed by atoms with Gasteiger partial charge < -0.3 is 25.0 Å². The van der Waals surface area contributed by atoms with Crippen LogP contribution in [0.1, 0.15) is 78.5 Å². The molecule has 0 heterocycles. The van der Waals surface area contributed by atoms with E-state index < -0.39 is 41.6 Å². The number of carbonyl (C=O) groups excluding carboxylic acids is 4. The number of esters is 1. The van der Waals surface area contributed by atoms with E-state index >= 15 is 0 Å². The molecule has 0 bridgehead atoms. The Bertz CT molecular complexity index is 892. The Morgan fingerprint density at radius 3 is 2.08 bits per heavy atom. The number of carbonyl (C=O) groups is 4. The maximum absolute atomic E-state index is 14.0. The minimum absolute atomic E-state index is 0.0821. The molecular formula is C27H43N3O6. The lowest BCUT2D eigenvalue weighted by Gasteiger charge is -2.38. The number of amides is 3. The van der Waals surface area contributed by atoms with Gasteiger partial charge in [-0.25, -0.2) is 4.79 Å². The molecule has 1 aromatic carbocycles. The molecule has 0 aliphatic heterocycles. The standard InChI is InChI=1S/C27H43N3O6/c1-10-19(5)30(25(33)21(15-17(2)3)29-26(34)36-27(6,7)8)23(20-13-11-18(4)12-14-20)24(32)28-16-22(31)35-9/h11-14,17,19,21,23H,10,15-16H2,1-9H3,(H,28,32)(H,29,34). The van der Waals surface area contributed by atoms with Gasteiger partial charge in [0, 0.05) is 6.04 Å². The van der Waals surface area contributed by atoms with Crippen molar-refractivity contribution in [1.29, 1.82) is 0 Å². The van der Waals surface area contributed by atoms with Crippen LogP contribution in [-0.2, 0) is 23.9 Å². The monoisotopic (exact) mass is 505 g/mol. The van der Waals surface area contributed by atoms with Gasteiger partial charge >= 0.3 is 12.1 Å². The molecule has 0 spiro atoms. The highest BCUT2D eigenvalue weighted by Crippen LogP contribution is 2.27. The maximum Gasteiger partial charge on any atom is 0.408 e. The SMILES string of the molecule is CCC(C)N(C(=O)C(CC(C)C)NC(=O)OC(C)(C)C)C(C(=O)NCC(=O)OC)c1ccc(C)cc1. The third kappa shape index (κ3) is 9.87. The Hall–Kier alpha value is -3.10. The zero-order valence-corrected chi connectivity index (χ0v) is 23.1. The number of aryl methyl sites for hydroxylation is 1. The highest BCUT2D eigenvalue weighted by Gasteiger charge is 2.38. The summed E-state index contributed by atoms with van der Waals surface area (Å²) < 4.78 is 10.0. The van der Waals surface area contributed by atoms with Gasteiger partial charge in [0.15, 0.2) is 0 Å². The van der Waals surface area contributed by atoms with E-state index in [0.717, 1.165) is 5.56 Å². The number of hydrogen-bond donors (Lipinski definition) is 2. The molecular weight excluding hydrogens is 462 g/mol. The zero-order valence-electron chi connectivity index (χ0n) is 23.1. The smallest absolute Gasteiger partial charge is 0.408 e. The minimum Gasteiger partial charge on any atom is -0.468 e. The van der Waals surface area contributed by atoms with Crippen molar-refractivity contribution in [3.63, 3.8) is 0 Å². The van der Waals surface area contributed by atoms with Crippen LogP contribution in [-0.4, -0.2) is 60.1 Å². The van der Waals surface area contributed by atoms with E-state index in [9.17, 15) is 19.2 Å². The largest absolute Gasteiger partial charge is 0.468 e. The van der Waals surface area contributed by atoms with Crippen LogP contribution in [0, 0.1) is 12.8 Å². The molecule has 36 heavy (non-hydrogen) atoms. The van der Waals surface area contributed by atoms with Gasteiger partial charge in [0.2, 0.25) is 11.8 Å². The summed E-state index contributed by atoms with van der Waals surface area (Å²) in [6, 6.07) is 5.03. The first-order chi connectivity index (χ1) is 16.7. The van der Waals surface area contributed by atoms with Crippen LogP contribution in [0.3, 0.4) is 0 Å². The molecule has 0 radical (unpaired) electrons. The summed E-state index contributed by atoms with van der Waals surface area (Å²) >= 11 is 0. The molecule has 0 fully saturated rings. The number of rotatable bonds is 11. The molecule has 202 valence electrons. The highest BCUT2D eigenvalue weighted by molar-refractivity contribution is 5.93. The number of alkyl carbamates (subject to hydrolysis) is 1. The molecule has 3 unspecified atom stereocenters. The van der Waals surface area contributed by atoms with Crippen LogP contribution in [0.5, 0.6) is 0 Å². The van der Waals surface area contributed by atoms with Crippen molar-refractivity contribution in [3.8, 4) is 0 Å². The van der Waals surface area contributed by atoms with Gasteiger partial charge in [-0.15, -0.1) is 0 Å². The van der Waals surface area contributed by atoms with E-state index in [1.807, 2.05) is 46.8 Å². The predicted molar refractivity (Wildman–Crippen MR) is 138 cm³/mol. The molecule has 0 aliphatic carbocycles. The lowest BCUT2D eigenvalue weighted by atomic mass is 9.96. The normalized spacial score (nSPS) is 13.8. The van der Waals surface area contributed by atoms with Gasteiger partial charge in [-0.1, -0.05) is 50.6 Å². The van der Waals surface area contributed by atoms with Crippen LogP contribution >= 0.6 is 0 Å². The topological polar surface area (TPSA) is 114 Å². The number of methoxy groups -OCH3 is 1. The Labute approximate surface area is 215 Å². The Balaban J connectivity index is 3.49. The Kier molecular flexibility index (Phi) is 11.9. The average molecular weight is 506 g/mol. The molecule has 0 saturated heterocycles. The van der Waals surface area contributed by atoms with Crippen molar-refractivity contribution in [1.82, 2.24) is 15.5 Å². The number of hydrogen-bond acceptors (Lipinski definition) is 6. The van der Waals surface area contributed by atoms with E-state index in [1.165, 1.54) is 12.0 Å². The van der Waals surface area contributed by atoms with Crippen LogP contribution in [0.15, 0.2) is 24.3 Å². The highest BCUT2D eigenvalue weighted by atomic mass is 16.6. The second-order valence-electron chi connectivity index (χ2n) is 10.4. The van der Waals surface area contributed by atoms with E-state index in [0.29, 0.717) is 18.4 Å². The van der Waals surface area contributed by atoms with Gasteiger partial charge in [0.25, 0.3) is 0 Å². The fourth-order valence-corrected chi connectivity index (χ4v) is 3.63. The predicted octanol–water partition coefficient (Wildman–Crippen LogP) is 3.89. The molecule has 2 N–H and O–H groups in total. The minimum atomic E-state index is -1.02. The third-order valence-corrected chi connectivity index (χ3v) is 5.57. The van der Waals surface area contributed by atoms with E-state index in [4.69, 9.17) is 4.74 Å². The summed E-state index contributed by atoms with van der Waals surface area (Å²) in [5.74, 6) is -1.43. The molecule has 3 amide bonds. The van der Waals surface area contributed by atoms with Crippen molar-refractivity contribution in [2.24, 2.45) is 5.92 Å². The van der Waals surface area contributed by atoms with Crippen LogP contribution in [0.2, 0.25) is 0 Å². The second-order valence-corrected chi connectivity index (χ2v) is 10.4. The maximum atomic E-state index is 14.0. The number of benzene rings is 1. The first-order valence-corrected chi connectivity index (χ1v) is 12.4. The van der Waals surface area contributed by atoms with Gasteiger partial charge in [0.05, 0.1) is 7.11 Å². The van der Waals surface area contributed by atoms with Gasteiger partial charge in [0.1, 0.15) is 24.2 Å². The van der Waals surface area contributed by atoms with Crippen molar-refractivity contribution < 1.29 is 28.7 Å². The summed E-state index contributed by atoms with van der Waals surface area (Å²) in [6.07, 6.45) is 0.224. The summed E-state index contributed by atoms with van der Waals surface area (Å²) in [6.45, 7) is 14.5. The van der Waals surface area contributed by atoms with Crippen molar-refractivity contribution in [2.45, 2.75) is 92.0 Å². The van der Waals surface area contributed by atoms with Gasteiger partial charge in [-0.3, -0.25) is 14.4 Å². The van der Waals surface area contributed by atoms with E-state index in [-0.39, 0.29) is 18.5 Å².